The van der Waals surface area contributed by atoms with Crippen molar-refractivity contribution in [3.63, 3.8) is 0 Å². The van der Waals surface area contributed by atoms with Crippen LogP contribution >= 0.6 is 0 Å². The molecule has 25 heavy (non-hydrogen) atoms. The number of non-ortho nitro benzene ring substituents is 1. The van der Waals surface area contributed by atoms with Gasteiger partial charge in [0, 0.05) is 17.7 Å². The summed E-state index contributed by atoms with van der Waals surface area (Å²) in [5.74, 6) is 0.593. The molecular formula is C18H20N2O5. The summed E-state index contributed by atoms with van der Waals surface area (Å²) in [6.07, 6.45) is -0.0268. The molecule has 0 atom stereocenters. The number of amides is 1. The average molecular weight is 344 g/mol. The van der Waals surface area contributed by atoms with Gasteiger partial charge in [-0.1, -0.05) is 6.07 Å². The summed E-state index contributed by atoms with van der Waals surface area (Å²) in [6.45, 7) is 5.55. The predicted octanol–water partition coefficient (Wildman–Crippen LogP) is 3.95. The van der Waals surface area contributed by atoms with Crippen LogP contribution in [0.3, 0.4) is 0 Å². The second kappa shape index (κ2) is 7.65. The van der Waals surface area contributed by atoms with Crippen LogP contribution in [0, 0.1) is 17.0 Å². The minimum Gasteiger partial charge on any atom is -0.493 e. The van der Waals surface area contributed by atoms with Gasteiger partial charge in [0.05, 0.1) is 23.8 Å². The fourth-order valence-corrected chi connectivity index (χ4v) is 2.21. The van der Waals surface area contributed by atoms with Crippen molar-refractivity contribution in [3.05, 3.63) is 57.6 Å². The lowest BCUT2D eigenvalue weighted by Gasteiger charge is -2.14. The normalized spacial score (nSPS) is 10.4. The van der Waals surface area contributed by atoms with Gasteiger partial charge < -0.3 is 14.8 Å². The van der Waals surface area contributed by atoms with E-state index < -0.39 is 10.8 Å². The van der Waals surface area contributed by atoms with Crippen molar-refractivity contribution < 1.29 is 19.2 Å². The molecule has 2 aromatic carbocycles. The van der Waals surface area contributed by atoms with Crippen molar-refractivity contribution in [2.45, 2.75) is 26.9 Å². The molecule has 0 unspecified atom stereocenters. The minimum absolute atomic E-state index is 0.0268. The first-order valence-electron chi connectivity index (χ1n) is 7.73. The molecule has 7 nitrogen and oxygen atoms in total. The Bertz CT molecular complexity index is 802. The number of benzene rings is 2. The number of nitro benzene ring substituents is 1. The molecule has 0 aliphatic carbocycles. The van der Waals surface area contributed by atoms with E-state index in [2.05, 4.69) is 5.32 Å². The number of rotatable bonds is 6. The summed E-state index contributed by atoms with van der Waals surface area (Å²) in [6, 6.07) is 9.16. The molecule has 2 rings (SSSR count). The number of nitrogens with zero attached hydrogens (tertiary/aromatic N) is 1. The molecule has 0 aromatic heterocycles. The Kier molecular flexibility index (Phi) is 5.59. The molecule has 132 valence electrons. The van der Waals surface area contributed by atoms with Crippen LogP contribution in [0.4, 0.5) is 11.4 Å². The second-order valence-electron chi connectivity index (χ2n) is 5.74. The van der Waals surface area contributed by atoms with Crippen molar-refractivity contribution in [2.75, 3.05) is 12.4 Å². The van der Waals surface area contributed by atoms with Gasteiger partial charge in [-0.05, 0) is 44.5 Å². The summed E-state index contributed by atoms with van der Waals surface area (Å²) in [5, 5.41) is 13.6. The highest BCUT2D eigenvalue weighted by molar-refractivity contribution is 6.05. The lowest BCUT2D eigenvalue weighted by atomic mass is 10.1. The number of aryl methyl sites for hydroxylation is 1. The Labute approximate surface area is 145 Å². The van der Waals surface area contributed by atoms with E-state index in [-0.39, 0.29) is 11.8 Å². The van der Waals surface area contributed by atoms with Crippen LogP contribution in [0.2, 0.25) is 0 Å². The van der Waals surface area contributed by atoms with Crippen LogP contribution < -0.4 is 14.8 Å². The van der Waals surface area contributed by atoms with E-state index in [1.807, 2.05) is 13.8 Å². The van der Waals surface area contributed by atoms with Crippen LogP contribution in [0.15, 0.2) is 36.4 Å². The molecular weight excluding hydrogens is 324 g/mol. The molecule has 0 saturated heterocycles. The van der Waals surface area contributed by atoms with Crippen molar-refractivity contribution in [2.24, 2.45) is 0 Å². The highest BCUT2D eigenvalue weighted by Crippen LogP contribution is 2.30. The lowest BCUT2D eigenvalue weighted by Crippen LogP contribution is -2.14. The van der Waals surface area contributed by atoms with E-state index in [9.17, 15) is 14.9 Å². The Hall–Kier alpha value is -3.09. The first-order valence-corrected chi connectivity index (χ1v) is 7.73. The molecule has 0 bridgehead atoms. The first kappa shape index (κ1) is 18.3. The Balaban J connectivity index is 2.26. The third-order valence-electron chi connectivity index (χ3n) is 3.47. The highest BCUT2D eigenvalue weighted by atomic mass is 16.6. The SMILES string of the molecule is COc1cc(C(=O)Nc2cc([N+](=O)[O-])ccc2C)ccc1OC(C)C. The van der Waals surface area contributed by atoms with Crippen molar-refractivity contribution in [1.82, 2.24) is 0 Å². The van der Waals surface area contributed by atoms with Crippen LogP contribution in [0.5, 0.6) is 11.5 Å². The molecule has 7 heteroatoms. The molecule has 0 spiro atoms. The molecule has 0 saturated carbocycles. The standard InChI is InChI=1S/C18H20N2O5/c1-11(2)25-16-8-6-13(9-17(16)24-4)18(21)19-15-10-14(20(22)23)7-5-12(15)3/h5-11H,1-4H3,(H,19,21). The predicted molar refractivity (Wildman–Crippen MR) is 94.5 cm³/mol. The summed E-state index contributed by atoms with van der Waals surface area (Å²) < 4.78 is 10.9. The Morgan fingerprint density at radius 2 is 1.88 bits per heavy atom. The zero-order chi connectivity index (χ0) is 18.6. The summed E-state index contributed by atoms with van der Waals surface area (Å²) in [5.41, 5.74) is 1.39. The largest absolute Gasteiger partial charge is 0.493 e. The summed E-state index contributed by atoms with van der Waals surface area (Å²) in [7, 11) is 1.49. The number of ether oxygens (including phenoxy) is 2. The van der Waals surface area contributed by atoms with Crippen molar-refractivity contribution in [3.8, 4) is 11.5 Å². The van der Waals surface area contributed by atoms with Crippen LogP contribution in [-0.2, 0) is 0 Å². The van der Waals surface area contributed by atoms with Crippen molar-refractivity contribution in [1.29, 1.82) is 0 Å². The quantitative estimate of drug-likeness (QED) is 0.633. The Morgan fingerprint density at radius 3 is 2.48 bits per heavy atom. The number of nitro groups is 1. The lowest BCUT2D eigenvalue weighted by molar-refractivity contribution is -0.384. The zero-order valence-corrected chi connectivity index (χ0v) is 14.5. The minimum atomic E-state index is -0.504. The zero-order valence-electron chi connectivity index (χ0n) is 14.5. The number of nitrogens with one attached hydrogen (secondary N) is 1. The highest BCUT2D eigenvalue weighted by Gasteiger charge is 2.15. The molecule has 1 amide bonds. The number of methoxy groups -OCH3 is 1. The van der Waals surface area contributed by atoms with Gasteiger partial charge in [0.2, 0.25) is 0 Å². The van der Waals surface area contributed by atoms with Gasteiger partial charge in [-0.15, -0.1) is 0 Å². The van der Waals surface area contributed by atoms with Gasteiger partial charge >= 0.3 is 0 Å². The van der Waals surface area contributed by atoms with Gasteiger partial charge in [-0.25, -0.2) is 0 Å². The molecule has 0 fully saturated rings. The van der Waals surface area contributed by atoms with Gasteiger partial charge in [-0.3, -0.25) is 14.9 Å². The Morgan fingerprint density at radius 1 is 1.16 bits per heavy atom. The van der Waals surface area contributed by atoms with Gasteiger partial charge in [0.15, 0.2) is 11.5 Å². The maximum atomic E-state index is 12.5. The van der Waals surface area contributed by atoms with Crippen LogP contribution in [0.1, 0.15) is 29.8 Å². The number of hydrogen-bond donors (Lipinski definition) is 1. The van der Waals surface area contributed by atoms with E-state index in [1.165, 1.54) is 19.2 Å². The maximum Gasteiger partial charge on any atom is 0.271 e. The van der Waals surface area contributed by atoms with E-state index >= 15 is 0 Å². The topological polar surface area (TPSA) is 90.7 Å². The molecule has 2 aromatic rings. The summed E-state index contributed by atoms with van der Waals surface area (Å²) in [4.78, 5) is 22.9. The van der Waals surface area contributed by atoms with E-state index in [0.717, 1.165) is 5.56 Å². The smallest absolute Gasteiger partial charge is 0.271 e. The van der Waals surface area contributed by atoms with E-state index in [0.29, 0.717) is 22.7 Å². The maximum absolute atomic E-state index is 12.5. The molecule has 0 aliphatic heterocycles. The number of carbonyl (C=O) groups excluding carboxylic acids is 1. The fourth-order valence-electron chi connectivity index (χ4n) is 2.21. The second-order valence-corrected chi connectivity index (χ2v) is 5.74. The first-order chi connectivity index (χ1) is 11.8. The molecule has 0 heterocycles. The average Bonchev–Trinajstić information content (AvgIpc) is 2.56. The van der Waals surface area contributed by atoms with Crippen molar-refractivity contribution >= 4 is 17.3 Å². The molecule has 0 radical (unpaired) electrons. The molecule has 1 N–H and O–H groups in total. The number of anilines is 1. The monoisotopic (exact) mass is 344 g/mol. The van der Waals surface area contributed by atoms with Gasteiger partial charge in [0.25, 0.3) is 11.6 Å². The van der Waals surface area contributed by atoms with Crippen LogP contribution in [0.25, 0.3) is 0 Å². The van der Waals surface area contributed by atoms with Crippen LogP contribution in [-0.4, -0.2) is 24.0 Å². The third kappa shape index (κ3) is 4.47. The van der Waals surface area contributed by atoms with E-state index in [4.69, 9.17) is 9.47 Å². The van der Waals surface area contributed by atoms with E-state index in [1.54, 1.807) is 31.2 Å². The number of carbonyl (C=O) groups is 1. The third-order valence-corrected chi connectivity index (χ3v) is 3.47. The molecule has 0 aliphatic rings. The fraction of sp³-hybridized carbons (Fsp3) is 0.278. The summed E-state index contributed by atoms with van der Waals surface area (Å²) >= 11 is 0. The number of hydrogen-bond acceptors (Lipinski definition) is 5. The van der Waals surface area contributed by atoms with Gasteiger partial charge in [0.1, 0.15) is 0 Å². The van der Waals surface area contributed by atoms with Gasteiger partial charge in [-0.2, -0.15) is 0 Å².